The Morgan fingerprint density at radius 3 is 2.73 bits per heavy atom. The first-order chi connectivity index (χ1) is 14.6. The van der Waals surface area contributed by atoms with Gasteiger partial charge in [-0.1, -0.05) is 48.0 Å². The topological polar surface area (TPSA) is 57.3 Å². The maximum atomic E-state index is 12.5. The number of rotatable bonds is 2. The van der Waals surface area contributed by atoms with Crippen LogP contribution in [0.1, 0.15) is 30.5 Å². The lowest BCUT2D eigenvalue weighted by Gasteiger charge is -2.44. The highest BCUT2D eigenvalue weighted by Crippen LogP contribution is 2.33. The molecule has 0 aliphatic carbocycles. The van der Waals surface area contributed by atoms with Crippen LogP contribution < -0.4 is 10.6 Å². The van der Waals surface area contributed by atoms with Crippen LogP contribution in [0, 0.1) is 0 Å². The van der Waals surface area contributed by atoms with Gasteiger partial charge in [-0.25, -0.2) is 4.98 Å². The molecule has 5 nitrogen and oxygen atoms in total. The molecule has 1 fully saturated rings. The van der Waals surface area contributed by atoms with E-state index in [2.05, 4.69) is 45.9 Å². The third kappa shape index (κ3) is 3.87. The monoisotopic (exact) mass is 420 g/mol. The first kappa shape index (κ1) is 19.3. The maximum Gasteiger partial charge on any atom is 0.222 e. The van der Waals surface area contributed by atoms with E-state index in [1.807, 2.05) is 24.3 Å². The van der Waals surface area contributed by atoms with Gasteiger partial charge in [0.25, 0.3) is 0 Å². The van der Waals surface area contributed by atoms with Gasteiger partial charge in [0.05, 0.1) is 16.2 Å². The number of pyridine rings is 1. The third-order valence-corrected chi connectivity index (χ3v) is 6.62. The van der Waals surface area contributed by atoms with Crippen LogP contribution in [0.4, 0.5) is 5.69 Å². The Hall–Kier alpha value is -2.63. The summed E-state index contributed by atoms with van der Waals surface area (Å²) < 4.78 is 0. The number of hydrogen-bond donors (Lipinski definition) is 2. The number of amides is 1. The van der Waals surface area contributed by atoms with Crippen LogP contribution in [0.15, 0.2) is 54.6 Å². The number of nitrogens with zero attached hydrogens (tertiary/aromatic N) is 2. The minimum atomic E-state index is -0.197. The molecule has 2 aliphatic heterocycles. The summed E-state index contributed by atoms with van der Waals surface area (Å²) in [5.74, 6) is 0.122. The smallest absolute Gasteiger partial charge is 0.222 e. The van der Waals surface area contributed by atoms with E-state index in [9.17, 15) is 4.79 Å². The number of carbonyl (C=O) groups excluding carboxylic acids is 1. The molecular weight excluding hydrogens is 396 g/mol. The molecule has 1 aromatic heterocycles. The molecule has 1 amide bonds. The quantitative estimate of drug-likeness (QED) is 0.647. The van der Waals surface area contributed by atoms with Crippen molar-refractivity contribution in [3.8, 4) is 0 Å². The number of halogens is 1. The van der Waals surface area contributed by atoms with Gasteiger partial charge in [0, 0.05) is 49.2 Å². The number of hydrogen-bond acceptors (Lipinski definition) is 4. The van der Waals surface area contributed by atoms with Gasteiger partial charge < -0.3 is 10.6 Å². The summed E-state index contributed by atoms with van der Waals surface area (Å²) in [6.07, 6.45) is 2.35. The Labute approximate surface area is 181 Å². The molecule has 0 atom stereocenters. The molecule has 5 rings (SSSR count). The maximum absolute atomic E-state index is 12.5. The number of para-hydroxylation sites is 2. The molecule has 3 aromatic rings. The predicted molar refractivity (Wildman–Crippen MR) is 121 cm³/mol. The lowest BCUT2D eigenvalue weighted by Crippen LogP contribution is -2.52. The summed E-state index contributed by atoms with van der Waals surface area (Å²) in [6.45, 7) is 3.22. The molecule has 154 valence electrons. The molecule has 6 heteroatoms. The van der Waals surface area contributed by atoms with Crippen LogP contribution in [0.25, 0.3) is 10.9 Å². The molecule has 2 aromatic carbocycles. The lowest BCUT2D eigenvalue weighted by atomic mass is 9.82. The summed E-state index contributed by atoms with van der Waals surface area (Å²) in [5, 5.41) is 8.56. The first-order valence-corrected chi connectivity index (χ1v) is 10.9. The van der Waals surface area contributed by atoms with Crippen molar-refractivity contribution in [3.63, 3.8) is 0 Å². The molecule has 2 N–H and O–H groups in total. The normalized spacial score (nSPS) is 18.9. The minimum Gasteiger partial charge on any atom is -0.379 e. The van der Waals surface area contributed by atoms with Crippen molar-refractivity contribution in [3.05, 3.63) is 70.9 Å². The predicted octanol–water partition coefficient (Wildman–Crippen LogP) is 4.35. The van der Waals surface area contributed by atoms with E-state index < -0.39 is 0 Å². The van der Waals surface area contributed by atoms with E-state index in [0.29, 0.717) is 18.0 Å². The number of anilines is 1. The van der Waals surface area contributed by atoms with Gasteiger partial charge >= 0.3 is 0 Å². The number of fused-ring (bicyclic) bond motifs is 2. The Bertz CT molecular complexity index is 1090. The Morgan fingerprint density at radius 1 is 1.03 bits per heavy atom. The van der Waals surface area contributed by atoms with Crippen molar-refractivity contribution < 1.29 is 4.79 Å². The largest absolute Gasteiger partial charge is 0.379 e. The van der Waals surface area contributed by atoms with Gasteiger partial charge in [0.15, 0.2) is 0 Å². The van der Waals surface area contributed by atoms with Gasteiger partial charge in [-0.15, -0.1) is 0 Å². The zero-order valence-electron chi connectivity index (χ0n) is 16.8. The molecule has 1 spiro atoms. The van der Waals surface area contributed by atoms with Crippen molar-refractivity contribution in [1.82, 2.24) is 15.2 Å². The zero-order chi connectivity index (χ0) is 20.6. The Morgan fingerprint density at radius 2 is 1.87 bits per heavy atom. The van der Waals surface area contributed by atoms with Gasteiger partial charge in [-0.2, -0.15) is 0 Å². The fraction of sp³-hybridized carbons (Fsp3) is 0.333. The summed E-state index contributed by atoms with van der Waals surface area (Å²) >= 11 is 6.33. The van der Waals surface area contributed by atoms with Crippen molar-refractivity contribution in [2.75, 3.05) is 18.4 Å². The number of piperidine rings is 1. The van der Waals surface area contributed by atoms with E-state index in [1.54, 1.807) is 0 Å². The molecule has 3 heterocycles. The number of carbonyl (C=O) groups is 1. The molecule has 1 saturated heterocycles. The van der Waals surface area contributed by atoms with Crippen molar-refractivity contribution >= 4 is 34.1 Å². The molecular formula is C24H25ClN4O. The Balaban J connectivity index is 1.31. The van der Waals surface area contributed by atoms with Crippen LogP contribution in [0.2, 0.25) is 5.02 Å². The number of aromatic nitrogens is 1. The first-order valence-electron chi connectivity index (χ1n) is 10.5. The summed E-state index contributed by atoms with van der Waals surface area (Å²) in [6, 6.07) is 18.3. The van der Waals surface area contributed by atoms with Crippen molar-refractivity contribution in [1.29, 1.82) is 0 Å². The summed E-state index contributed by atoms with van der Waals surface area (Å²) in [4.78, 5) is 19.7. The SMILES string of the molecule is O=C1CC2(CCN(Cc3ccc4cccc(Cl)c4n3)CC2)Nc2ccccc2CN1. The molecule has 0 bridgehead atoms. The minimum absolute atomic E-state index is 0.122. The molecule has 0 saturated carbocycles. The van der Waals surface area contributed by atoms with Crippen molar-refractivity contribution in [2.24, 2.45) is 0 Å². The second kappa shape index (κ2) is 7.89. The fourth-order valence-electron chi connectivity index (χ4n) is 4.60. The van der Waals surface area contributed by atoms with Gasteiger partial charge in [0.1, 0.15) is 0 Å². The second-order valence-corrected chi connectivity index (χ2v) is 8.81. The van der Waals surface area contributed by atoms with Crippen LogP contribution in [-0.2, 0) is 17.9 Å². The molecule has 30 heavy (non-hydrogen) atoms. The third-order valence-electron chi connectivity index (χ3n) is 6.32. The van der Waals surface area contributed by atoms with Gasteiger partial charge in [0.2, 0.25) is 5.91 Å². The van der Waals surface area contributed by atoms with Gasteiger partial charge in [-0.3, -0.25) is 9.69 Å². The second-order valence-electron chi connectivity index (χ2n) is 8.41. The van der Waals surface area contributed by atoms with Crippen LogP contribution in [0.5, 0.6) is 0 Å². The fourth-order valence-corrected chi connectivity index (χ4v) is 4.82. The summed E-state index contributed by atoms with van der Waals surface area (Å²) in [7, 11) is 0. The molecule has 2 aliphatic rings. The molecule has 0 unspecified atom stereocenters. The average molecular weight is 421 g/mol. The number of benzene rings is 2. The van der Waals surface area contributed by atoms with E-state index in [1.165, 1.54) is 0 Å². The van der Waals surface area contributed by atoms with Crippen molar-refractivity contribution in [2.45, 2.75) is 37.9 Å². The standard InChI is InChI=1S/C24H25ClN4O/c25-20-6-3-5-17-8-9-19(27-23(17)20)16-29-12-10-24(11-13-29)14-22(30)26-15-18-4-1-2-7-21(18)28-24/h1-9,28H,10-16H2,(H,26,30). The lowest BCUT2D eigenvalue weighted by molar-refractivity contribution is -0.122. The van der Waals surface area contributed by atoms with Crippen LogP contribution in [-0.4, -0.2) is 34.4 Å². The highest BCUT2D eigenvalue weighted by molar-refractivity contribution is 6.35. The highest BCUT2D eigenvalue weighted by Gasteiger charge is 2.37. The van der Waals surface area contributed by atoms with Crippen LogP contribution >= 0.6 is 11.6 Å². The Kier molecular flexibility index (Phi) is 5.09. The van der Waals surface area contributed by atoms with Gasteiger partial charge in [-0.05, 0) is 36.6 Å². The summed E-state index contributed by atoms with van der Waals surface area (Å²) in [5.41, 5.74) is 3.97. The van der Waals surface area contributed by atoms with E-state index in [0.717, 1.165) is 60.3 Å². The van der Waals surface area contributed by atoms with E-state index >= 15 is 0 Å². The van der Waals surface area contributed by atoms with E-state index in [4.69, 9.17) is 16.6 Å². The van der Waals surface area contributed by atoms with Crippen LogP contribution in [0.3, 0.4) is 0 Å². The molecule has 0 radical (unpaired) electrons. The zero-order valence-corrected chi connectivity index (χ0v) is 17.6. The average Bonchev–Trinajstić information content (AvgIpc) is 2.74. The number of nitrogens with one attached hydrogen (secondary N) is 2. The highest BCUT2D eigenvalue weighted by atomic mass is 35.5. The number of likely N-dealkylation sites (tertiary alicyclic amines) is 1. The van der Waals surface area contributed by atoms with E-state index in [-0.39, 0.29) is 11.4 Å².